The quantitative estimate of drug-likeness (QED) is 0.449. The van der Waals surface area contributed by atoms with Crippen LogP contribution in [0.5, 0.6) is 0 Å². The zero-order chi connectivity index (χ0) is 18.4. The van der Waals surface area contributed by atoms with Crippen LogP contribution in [0.4, 0.5) is 0 Å². The predicted molar refractivity (Wildman–Crippen MR) is 103 cm³/mol. The van der Waals surface area contributed by atoms with Crippen molar-refractivity contribution in [1.82, 2.24) is 0 Å². The van der Waals surface area contributed by atoms with E-state index in [1.807, 2.05) is 50.2 Å². The first kappa shape index (κ1) is 18.4. The van der Waals surface area contributed by atoms with Crippen molar-refractivity contribution < 1.29 is 13.8 Å². The van der Waals surface area contributed by atoms with Crippen molar-refractivity contribution in [3.8, 4) is 0 Å². The molecular formula is C20H24O3SSi. The third-order valence-corrected chi connectivity index (χ3v) is 6.90. The van der Waals surface area contributed by atoms with Crippen LogP contribution in [-0.4, -0.2) is 24.3 Å². The summed E-state index contributed by atoms with van der Waals surface area (Å²) >= 11 is -1.18. The topological polar surface area (TPSA) is 49.4 Å². The third kappa shape index (κ3) is 3.74. The zero-order valence-electron chi connectivity index (χ0n) is 15.4. The van der Waals surface area contributed by atoms with Gasteiger partial charge in [0.05, 0.1) is 0 Å². The van der Waals surface area contributed by atoms with Crippen molar-refractivity contribution >= 4 is 25.3 Å². The van der Waals surface area contributed by atoms with Gasteiger partial charge in [0.1, 0.15) is 5.60 Å². The van der Waals surface area contributed by atoms with Crippen LogP contribution < -0.4 is 0 Å². The monoisotopic (exact) mass is 372 g/mol. The maximum Gasteiger partial charge on any atom is 0.192 e. The molecule has 3 rings (SSSR count). The summed E-state index contributed by atoms with van der Waals surface area (Å²) in [5.74, 6) is -0.0256. The van der Waals surface area contributed by atoms with Gasteiger partial charge in [0.25, 0.3) is 0 Å². The third-order valence-electron chi connectivity index (χ3n) is 4.18. The lowest BCUT2D eigenvalue weighted by Gasteiger charge is -2.32. The maximum atomic E-state index is 13.0. The van der Waals surface area contributed by atoms with E-state index in [4.69, 9.17) is 4.43 Å². The Bertz CT molecular complexity index is 824. The van der Waals surface area contributed by atoms with Crippen LogP contribution in [0, 0.1) is 0 Å². The minimum Gasteiger partial charge on any atom is -0.606 e. The summed E-state index contributed by atoms with van der Waals surface area (Å²) in [4.78, 5) is 14.7. The highest BCUT2D eigenvalue weighted by molar-refractivity contribution is 7.91. The molecule has 132 valence electrons. The molecule has 0 radical (unpaired) electrons. The molecule has 1 unspecified atom stereocenters. The molecular weight excluding hydrogens is 348 g/mol. The largest absolute Gasteiger partial charge is 0.606 e. The van der Waals surface area contributed by atoms with Crippen LogP contribution in [-0.2, 0) is 22.0 Å². The van der Waals surface area contributed by atoms with Gasteiger partial charge in [-0.05, 0) is 57.8 Å². The zero-order valence-corrected chi connectivity index (χ0v) is 17.2. The Morgan fingerprint density at radius 1 is 1.08 bits per heavy atom. The molecule has 0 bridgehead atoms. The molecule has 0 saturated carbocycles. The molecule has 0 fully saturated rings. The Balaban J connectivity index is 1.94. The minimum atomic E-state index is -1.84. The number of carbonyl (C=O) groups excluding carboxylic acids is 1. The molecule has 3 nitrogen and oxygen atoms in total. The van der Waals surface area contributed by atoms with Gasteiger partial charge in [-0.2, -0.15) is 0 Å². The van der Waals surface area contributed by atoms with Crippen LogP contribution in [0.3, 0.4) is 0 Å². The van der Waals surface area contributed by atoms with Crippen LogP contribution >= 0.6 is 0 Å². The summed E-state index contributed by atoms with van der Waals surface area (Å²) < 4.78 is 18.9. The first-order valence-corrected chi connectivity index (χ1v) is 13.0. The van der Waals surface area contributed by atoms with Crippen molar-refractivity contribution in [2.24, 2.45) is 0 Å². The fourth-order valence-corrected chi connectivity index (χ4v) is 6.36. The average molecular weight is 373 g/mol. The molecule has 1 heterocycles. The van der Waals surface area contributed by atoms with E-state index in [0.717, 1.165) is 20.9 Å². The molecule has 25 heavy (non-hydrogen) atoms. The standard InChI is InChI=1S/C20H24O3SSi/c1-20(2,23-25(3,4)5)19(21)15-10-11-18-16(13-15)12-14-8-6-7-9-17(14)24(18)22/h6-11,13H,12H2,1-5H3. The predicted octanol–water partition coefficient (Wildman–Crippen LogP) is 4.57. The second-order valence-corrected chi connectivity index (χ2v) is 13.8. The second-order valence-electron chi connectivity index (χ2n) is 7.93. The van der Waals surface area contributed by atoms with Gasteiger partial charge in [0.15, 0.2) is 23.9 Å². The van der Waals surface area contributed by atoms with Gasteiger partial charge < -0.3 is 8.98 Å². The van der Waals surface area contributed by atoms with Crippen molar-refractivity contribution in [3.05, 3.63) is 59.2 Å². The Morgan fingerprint density at radius 3 is 2.40 bits per heavy atom. The molecule has 0 N–H and O–H groups in total. The summed E-state index contributed by atoms with van der Waals surface area (Å²) in [5.41, 5.74) is 1.80. The van der Waals surface area contributed by atoms with Gasteiger partial charge in [-0.25, -0.2) is 0 Å². The summed E-state index contributed by atoms with van der Waals surface area (Å²) in [6, 6.07) is 13.3. The summed E-state index contributed by atoms with van der Waals surface area (Å²) in [6.45, 7) is 9.90. The van der Waals surface area contributed by atoms with E-state index in [0.29, 0.717) is 12.0 Å². The fraction of sp³-hybridized carbons (Fsp3) is 0.350. The number of hydrogen-bond acceptors (Lipinski definition) is 3. The maximum absolute atomic E-state index is 13.0. The number of Topliss-reactive ketones (excluding diaryl/α,β-unsaturated/α-hetero) is 1. The molecule has 0 spiro atoms. The Labute approximate surface area is 153 Å². The van der Waals surface area contributed by atoms with Crippen LogP contribution in [0.1, 0.15) is 35.3 Å². The number of rotatable bonds is 4. The summed E-state index contributed by atoms with van der Waals surface area (Å²) in [6.07, 6.45) is 0.702. The number of carbonyl (C=O) groups is 1. The van der Waals surface area contributed by atoms with E-state index in [1.165, 1.54) is 0 Å². The van der Waals surface area contributed by atoms with E-state index in [2.05, 4.69) is 19.6 Å². The highest BCUT2D eigenvalue weighted by Crippen LogP contribution is 2.35. The molecule has 0 aliphatic carbocycles. The van der Waals surface area contributed by atoms with Crippen LogP contribution in [0.25, 0.3) is 0 Å². The van der Waals surface area contributed by atoms with Gasteiger partial charge in [0.2, 0.25) is 0 Å². The van der Waals surface area contributed by atoms with Gasteiger partial charge in [-0.3, -0.25) is 4.79 Å². The average Bonchev–Trinajstić information content (AvgIpc) is 2.51. The summed E-state index contributed by atoms with van der Waals surface area (Å²) in [5, 5.41) is 0. The van der Waals surface area contributed by atoms with E-state index >= 15 is 0 Å². The number of ketones is 1. The highest BCUT2D eigenvalue weighted by atomic mass is 32.2. The molecule has 1 atom stereocenters. The SMILES string of the molecule is CC(C)(O[Si](C)(C)C)C(=O)c1ccc2c(c1)Cc1ccccc1[S+]2[O-]. The van der Waals surface area contributed by atoms with E-state index in [-0.39, 0.29) is 5.78 Å². The van der Waals surface area contributed by atoms with Crippen molar-refractivity contribution in [2.75, 3.05) is 0 Å². The van der Waals surface area contributed by atoms with Crippen molar-refractivity contribution in [3.63, 3.8) is 0 Å². The number of benzene rings is 2. The minimum absolute atomic E-state index is 0.0256. The molecule has 2 aromatic carbocycles. The lowest BCUT2D eigenvalue weighted by Crippen LogP contribution is -2.44. The molecule has 0 saturated heterocycles. The Morgan fingerprint density at radius 2 is 1.72 bits per heavy atom. The van der Waals surface area contributed by atoms with E-state index < -0.39 is 25.1 Å². The Hall–Kier alpha value is -1.40. The van der Waals surface area contributed by atoms with Gasteiger partial charge >= 0.3 is 0 Å². The van der Waals surface area contributed by atoms with Crippen molar-refractivity contribution in [2.45, 2.75) is 55.3 Å². The number of hydrogen-bond donors (Lipinski definition) is 0. The first-order valence-electron chi connectivity index (χ1n) is 8.46. The van der Waals surface area contributed by atoms with Gasteiger partial charge in [-0.1, -0.05) is 18.2 Å². The Kier molecular flexibility index (Phi) is 4.70. The summed E-state index contributed by atoms with van der Waals surface area (Å²) in [7, 11) is -1.84. The lowest BCUT2D eigenvalue weighted by atomic mass is 9.94. The molecule has 1 aliphatic rings. The molecule has 0 aromatic heterocycles. The second kappa shape index (κ2) is 6.40. The molecule has 1 aliphatic heterocycles. The van der Waals surface area contributed by atoms with Crippen LogP contribution in [0.2, 0.25) is 19.6 Å². The lowest BCUT2D eigenvalue weighted by molar-refractivity contribution is 0.0557. The highest BCUT2D eigenvalue weighted by Gasteiger charge is 2.36. The van der Waals surface area contributed by atoms with Crippen LogP contribution in [0.15, 0.2) is 52.3 Å². The smallest absolute Gasteiger partial charge is 0.192 e. The molecule has 5 heteroatoms. The molecule has 2 aromatic rings. The van der Waals surface area contributed by atoms with Gasteiger partial charge in [0, 0.05) is 34.3 Å². The normalized spacial score (nSPS) is 17.0. The molecule has 0 amide bonds. The van der Waals surface area contributed by atoms with Gasteiger partial charge in [-0.15, -0.1) is 0 Å². The van der Waals surface area contributed by atoms with E-state index in [9.17, 15) is 9.35 Å². The van der Waals surface area contributed by atoms with E-state index in [1.54, 1.807) is 6.07 Å². The fourth-order valence-electron chi connectivity index (χ4n) is 3.35. The first-order chi connectivity index (χ1) is 11.6. The number of fused-ring (bicyclic) bond motifs is 2. The van der Waals surface area contributed by atoms with Crippen molar-refractivity contribution in [1.29, 1.82) is 0 Å².